The van der Waals surface area contributed by atoms with Crippen LogP contribution >= 0.6 is 23.2 Å². The summed E-state index contributed by atoms with van der Waals surface area (Å²) in [4.78, 5) is 26.8. The summed E-state index contributed by atoms with van der Waals surface area (Å²) >= 11 is 12.0. The first-order valence-corrected chi connectivity index (χ1v) is 8.86. The van der Waals surface area contributed by atoms with Crippen molar-refractivity contribution in [3.63, 3.8) is 0 Å². The van der Waals surface area contributed by atoms with Gasteiger partial charge >= 0.3 is 0 Å². The normalized spacial score (nSPS) is 16.1. The largest absolute Gasteiger partial charge is 0.338 e. The number of benzene rings is 2. The van der Waals surface area contributed by atoms with Gasteiger partial charge in [0.25, 0.3) is 0 Å². The Kier molecular flexibility index (Phi) is 5.30. The summed E-state index contributed by atoms with van der Waals surface area (Å²) in [7, 11) is 0. The molecule has 2 aromatic rings. The second-order valence-electron chi connectivity index (χ2n) is 5.99. The number of anilines is 1. The van der Waals surface area contributed by atoms with Gasteiger partial charge < -0.3 is 10.2 Å². The molecule has 0 radical (unpaired) electrons. The summed E-state index contributed by atoms with van der Waals surface area (Å²) in [5, 5.41) is 3.77. The fourth-order valence-electron chi connectivity index (χ4n) is 3.06. The van der Waals surface area contributed by atoms with Gasteiger partial charge in [0.2, 0.25) is 11.8 Å². The van der Waals surface area contributed by atoms with Crippen molar-refractivity contribution in [3.8, 4) is 0 Å². The topological polar surface area (TPSA) is 49.4 Å². The van der Waals surface area contributed by atoms with Crippen LogP contribution in [0.5, 0.6) is 0 Å². The predicted molar refractivity (Wildman–Crippen MR) is 100.0 cm³/mol. The number of halogens is 2. The minimum Gasteiger partial charge on any atom is -0.338 e. The zero-order valence-corrected chi connectivity index (χ0v) is 15.3. The van der Waals surface area contributed by atoms with Crippen molar-refractivity contribution in [2.75, 3.05) is 11.9 Å². The average molecular weight is 377 g/mol. The Hall–Kier alpha value is -2.04. The second kappa shape index (κ2) is 7.46. The van der Waals surface area contributed by atoms with Crippen molar-refractivity contribution in [1.29, 1.82) is 0 Å². The molecule has 1 atom stereocenters. The molecule has 3 rings (SSSR count). The minimum absolute atomic E-state index is 0.0594. The van der Waals surface area contributed by atoms with Crippen molar-refractivity contribution in [1.82, 2.24) is 4.90 Å². The maximum atomic E-state index is 13.1. The zero-order chi connectivity index (χ0) is 18.0. The van der Waals surface area contributed by atoms with Gasteiger partial charge in [0.15, 0.2) is 0 Å². The highest BCUT2D eigenvalue weighted by atomic mass is 35.5. The lowest BCUT2D eigenvalue weighted by Gasteiger charge is -2.30. The molecule has 0 saturated carbocycles. The highest BCUT2D eigenvalue weighted by Gasteiger charge is 2.32. The number of likely N-dealkylation sites (N-methyl/N-ethyl adjacent to an activating group) is 1. The molecule has 130 valence electrons. The first-order chi connectivity index (χ1) is 12.0. The van der Waals surface area contributed by atoms with E-state index in [-0.39, 0.29) is 18.2 Å². The zero-order valence-electron chi connectivity index (χ0n) is 13.8. The molecule has 0 aromatic heterocycles. The Labute approximate surface area is 156 Å². The third-order valence-electron chi connectivity index (χ3n) is 4.35. The lowest BCUT2D eigenvalue weighted by Crippen LogP contribution is -2.38. The minimum atomic E-state index is -0.465. The van der Waals surface area contributed by atoms with E-state index in [2.05, 4.69) is 5.32 Å². The number of amides is 2. The molecule has 2 aromatic carbocycles. The van der Waals surface area contributed by atoms with Gasteiger partial charge in [0.1, 0.15) is 0 Å². The molecule has 6 heteroatoms. The molecule has 0 fully saturated rings. The Morgan fingerprint density at radius 1 is 1.20 bits per heavy atom. The second-order valence-corrected chi connectivity index (χ2v) is 6.81. The maximum absolute atomic E-state index is 13.1. The van der Waals surface area contributed by atoms with Gasteiger partial charge in [0, 0.05) is 25.2 Å². The Morgan fingerprint density at radius 2 is 1.96 bits per heavy atom. The molecule has 1 aliphatic rings. The summed E-state index contributed by atoms with van der Waals surface area (Å²) in [6, 6.07) is 12.8. The van der Waals surface area contributed by atoms with Gasteiger partial charge in [-0.2, -0.15) is 0 Å². The van der Waals surface area contributed by atoms with Gasteiger partial charge in [-0.15, -0.1) is 0 Å². The van der Waals surface area contributed by atoms with Gasteiger partial charge in [-0.05, 0) is 36.2 Å². The molecule has 1 N–H and O–H groups in total. The van der Waals surface area contributed by atoms with Crippen LogP contribution in [0.2, 0.25) is 10.0 Å². The molecule has 1 aliphatic heterocycles. The maximum Gasteiger partial charge on any atom is 0.231 e. The van der Waals surface area contributed by atoms with E-state index in [1.165, 1.54) is 0 Å². The van der Waals surface area contributed by atoms with Crippen LogP contribution in [0, 0.1) is 0 Å². The fourth-order valence-corrected chi connectivity index (χ4v) is 3.38. The number of para-hydroxylation sites is 1. The van der Waals surface area contributed by atoms with Crippen molar-refractivity contribution in [3.05, 3.63) is 63.6 Å². The Morgan fingerprint density at radius 3 is 2.68 bits per heavy atom. The molecule has 0 spiro atoms. The van der Waals surface area contributed by atoms with E-state index in [1.807, 2.05) is 37.3 Å². The van der Waals surface area contributed by atoms with E-state index in [0.717, 1.165) is 11.1 Å². The first-order valence-electron chi connectivity index (χ1n) is 8.11. The number of carbonyl (C=O) groups is 2. The van der Waals surface area contributed by atoms with Crippen molar-refractivity contribution >= 4 is 40.7 Å². The van der Waals surface area contributed by atoms with Crippen molar-refractivity contribution < 1.29 is 9.59 Å². The summed E-state index contributed by atoms with van der Waals surface area (Å²) < 4.78 is 0. The van der Waals surface area contributed by atoms with Crippen LogP contribution in [-0.4, -0.2) is 23.3 Å². The molecular weight excluding hydrogens is 359 g/mol. The van der Waals surface area contributed by atoms with Crippen LogP contribution in [0.1, 0.15) is 30.4 Å². The van der Waals surface area contributed by atoms with Crippen LogP contribution in [0.25, 0.3) is 0 Å². The molecule has 0 aliphatic carbocycles. The number of fused-ring (bicyclic) bond motifs is 1. The lowest BCUT2D eigenvalue weighted by molar-refractivity contribution is -0.135. The predicted octanol–water partition coefficient (Wildman–Crippen LogP) is 4.47. The number of hydrogen-bond donors (Lipinski definition) is 1. The average Bonchev–Trinajstić information content (AvgIpc) is 2.61. The van der Waals surface area contributed by atoms with E-state index < -0.39 is 5.92 Å². The molecule has 4 nitrogen and oxygen atoms in total. The number of rotatable bonds is 4. The van der Waals surface area contributed by atoms with E-state index in [1.54, 1.807) is 17.0 Å². The summed E-state index contributed by atoms with van der Waals surface area (Å²) in [6.45, 7) is 2.89. The van der Waals surface area contributed by atoms with E-state index in [0.29, 0.717) is 28.8 Å². The Bertz CT molecular complexity index is 823. The lowest BCUT2D eigenvalue weighted by atomic mass is 9.89. The first kappa shape index (κ1) is 17.8. The van der Waals surface area contributed by atoms with Crippen LogP contribution in [0.15, 0.2) is 42.5 Å². The number of nitrogens with one attached hydrogen (secondary N) is 1. The van der Waals surface area contributed by atoms with Crippen LogP contribution in [-0.2, 0) is 16.1 Å². The highest BCUT2D eigenvalue weighted by molar-refractivity contribution is 6.42. The third kappa shape index (κ3) is 3.80. The SMILES string of the molecule is CCN(Cc1ccc(Cl)c(Cl)c1)C(=O)C1CC(=O)Nc2ccccc21. The van der Waals surface area contributed by atoms with E-state index in [4.69, 9.17) is 23.2 Å². The quantitative estimate of drug-likeness (QED) is 0.855. The number of hydrogen-bond acceptors (Lipinski definition) is 2. The van der Waals surface area contributed by atoms with Gasteiger partial charge in [-0.1, -0.05) is 47.5 Å². The van der Waals surface area contributed by atoms with Gasteiger partial charge in [-0.3, -0.25) is 9.59 Å². The molecule has 0 saturated heterocycles. The van der Waals surface area contributed by atoms with Crippen molar-refractivity contribution in [2.24, 2.45) is 0 Å². The van der Waals surface area contributed by atoms with Crippen molar-refractivity contribution in [2.45, 2.75) is 25.8 Å². The van der Waals surface area contributed by atoms with Gasteiger partial charge in [0.05, 0.1) is 16.0 Å². The molecule has 2 amide bonds. The van der Waals surface area contributed by atoms with Gasteiger partial charge in [-0.25, -0.2) is 0 Å². The number of carbonyl (C=O) groups excluding carboxylic acids is 2. The molecule has 1 unspecified atom stereocenters. The smallest absolute Gasteiger partial charge is 0.231 e. The molecule has 1 heterocycles. The third-order valence-corrected chi connectivity index (χ3v) is 5.09. The number of nitrogens with zero attached hydrogens (tertiary/aromatic N) is 1. The van der Waals surface area contributed by atoms with E-state index in [9.17, 15) is 9.59 Å². The summed E-state index contributed by atoms with van der Waals surface area (Å²) in [5.41, 5.74) is 2.47. The monoisotopic (exact) mass is 376 g/mol. The highest BCUT2D eigenvalue weighted by Crippen LogP contribution is 2.33. The molecular formula is C19H18Cl2N2O2. The van der Waals surface area contributed by atoms with Crippen LogP contribution in [0.3, 0.4) is 0 Å². The van der Waals surface area contributed by atoms with E-state index >= 15 is 0 Å². The Balaban J connectivity index is 1.85. The standard InChI is InChI=1S/C19H18Cl2N2O2/c1-2-23(11-12-7-8-15(20)16(21)9-12)19(25)14-10-18(24)22-17-6-4-3-5-13(14)17/h3-9,14H,2,10-11H2,1H3,(H,22,24). The molecule has 0 bridgehead atoms. The van der Waals surface area contributed by atoms with Crippen LogP contribution in [0.4, 0.5) is 5.69 Å². The van der Waals surface area contributed by atoms with Crippen LogP contribution < -0.4 is 5.32 Å². The summed E-state index contributed by atoms with van der Waals surface area (Å²) in [6.07, 6.45) is 0.160. The summed E-state index contributed by atoms with van der Waals surface area (Å²) in [5.74, 6) is -0.661. The fraction of sp³-hybridized carbons (Fsp3) is 0.263. The molecule has 25 heavy (non-hydrogen) atoms.